The molecule has 2 amide bonds. The number of amides is 2. The van der Waals surface area contributed by atoms with E-state index in [4.69, 9.17) is 21.6 Å². The van der Waals surface area contributed by atoms with E-state index in [-0.39, 0.29) is 12.1 Å². The molecule has 4 rings (SSSR count). The number of halogens is 1. The molecule has 1 fully saturated rings. The molecule has 2 aliphatic rings. The van der Waals surface area contributed by atoms with Gasteiger partial charge in [-0.1, -0.05) is 17.7 Å². The van der Waals surface area contributed by atoms with E-state index < -0.39 is 0 Å². The van der Waals surface area contributed by atoms with Crippen LogP contribution in [-0.2, 0) is 12.8 Å². The first-order chi connectivity index (χ1) is 15.0. The van der Waals surface area contributed by atoms with Crippen molar-refractivity contribution in [2.45, 2.75) is 63.5 Å². The van der Waals surface area contributed by atoms with Gasteiger partial charge < -0.3 is 20.9 Å². The van der Waals surface area contributed by atoms with Gasteiger partial charge in [0.25, 0.3) is 0 Å². The number of aryl methyl sites for hydroxylation is 1. The highest BCUT2D eigenvalue weighted by Crippen LogP contribution is 2.29. The van der Waals surface area contributed by atoms with Gasteiger partial charge in [-0.15, -0.1) is 0 Å². The number of nitrogens with zero attached hydrogens (tertiary/aromatic N) is 3. The highest BCUT2D eigenvalue weighted by atomic mass is 35.5. The van der Waals surface area contributed by atoms with Gasteiger partial charge in [-0.05, 0) is 69.6 Å². The minimum absolute atomic E-state index is 0.166. The summed E-state index contributed by atoms with van der Waals surface area (Å²) in [6.07, 6.45) is 8.30. The number of carbonyl (C=O) groups excluding carboxylic acids is 1. The molecule has 0 aliphatic heterocycles. The van der Waals surface area contributed by atoms with Crippen molar-refractivity contribution in [2.75, 3.05) is 29.6 Å². The number of anilines is 3. The number of hydrogen-bond acceptors (Lipinski definition) is 5. The van der Waals surface area contributed by atoms with Crippen LogP contribution < -0.4 is 20.9 Å². The monoisotopic (exact) mass is 442 g/mol. The van der Waals surface area contributed by atoms with Crippen molar-refractivity contribution in [2.24, 2.45) is 0 Å². The Balaban J connectivity index is 1.30. The maximum absolute atomic E-state index is 12.3. The third kappa shape index (κ3) is 5.58. The van der Waals surface area contributed by atoms with E-state index in [9.17, 15) is 4.79 Å². The van der Waals surface area contributed by atoms with Crippen LogP contribution in [0.15, 0.2) is 24.3 Å². The zero-order chi connectivity index (χ0) is 21.8. The lowest BCUT2D eigenvalue weighted by Crippen LogP contribution is -2.42. The quantitative estimate of drug-likeness (QED) is 0.629. The molecule has 1 heterocycles. The second kappa shape index (κ2) is 9.73. The number of urea groups is 1. The molecular formula is C23H31ClN6O. The molecule has 0 radical (unpaired) electrons. The Bertz CT molecular complexity index is 926. The summed E-state index contributed by atoms with van der Waals surface area (Å²) in [6.45, 7) is 0. The third-order valence-electron chi connectivity index (χ3n) is 6.06. The van der Waals surface area contributed by atoms with Crippen molar-refractivity contribution >= 4 is 35.1 Å². The lowest BCUT2D eigenvalue weighted by molar-refractivity contribution is 0.243. The van der Waals surface area contributed by atoms with Crippen molar-refractivity contribution < 1.29 is 4.79 Å². The van der Waals surface area contributed by atoms with E-state index in [1.165, 1.54) is 24.1 Å². The van der Waals surface area contributed by atoms with Crippen LogP contribution in [0, 0.1) is 0 Å². The number of benzene rings is 1. The predicted molar refractivity (Wildman–Crippen MR) is 126 cm³/mol. The van der Waals surface area contributed by atoms with Gasteiger partial charge in [0.1, 0.15) is 5.82 Å². The first-order valence-electron chi connectivity index (χ1n) is 11.1. The van der Waals surface area contributed by atoms with Gasteiger partial charge in [0.2, 0.25) is 5.95 Å². The molecule has 1 aromatic carbocycles. The van der Waals surface area contributed by atoms with E-state index in [0.717, 1.165) is 50.3 Å². The topological polar surface area (TPSA) is 82.2 Å². The molecule has 0 spiro atoms. The van der Waals surface area contributed by atoms with Crippen LogP contribution in [0.4, 0.5) is 22.2 Å². The summed E-state index contributed by atoms with van der Waals surface area (Å²) in [4.78, 5) is 24.0. The summed E-state index contributed by atoms with van der Waals surface area (Å²) in [5.41, 5.74) is 3.20. The molecule has 3 N–H and O–H groups in total. The number of carbonyl (C=O) groups is 1. The smallest absolute Gasteiger partial charge is 0.319 e. The Morgan fingerprint density at radius 2 is 1.81 bits per heavy atom. The molecule has 7 nitrogen and oxygen atoms in total. The molecule has 166 valence electrons. The molecule has 8 heteroatoms. The second-order valence-electron chi connectivity index (χ2n) is 8.70. The number of fused-ring (bicyclic) bond motifs is 1. The van der Waals surface area contributed by atoms with Crippen LogP contribution in [-0.4, -0.2) is 42.2 Å². The molecule has 0 unspecified atom stereocenters. The van der Waals surface area contributed by atoms with Crippen molar-refractivity contribution in [3.05, 3.63) is 40.5 Å². The Morgan fingerprint density at radius 1 is 1.06 bits per heavy atom. The van der Waals surface area contributed by atoms with Gasteiger partial charge in [-0.25, -0.2) is 9.78 Å². The molecule has 1 saturated carbocycles. The molecule has 31 heavy (non-hydrogen) atoms. The van der Waals surface area contributed by atoms with Crippen molar-refractivity contribution in [1.29, 1.82) is 0 Å². The zero-order valence-corrected chi connectivity index (χ0v) is 19.0. The van der Waals surface area contributed by atoms with Crippen LogP contribution in [0.5, 0.6) is 0 Å². The fraction of sp³-hybridized carbons (Fsp3) is 0.522. The van der Waals surface area contributed by atoms with Crippen LogP contribution in [0.25, 0.3) is 0 Å². The highest BCUT2D eigenvalue weighted by Gasteiger charge is 2.24. The van der Waals surface area contributed by atoms with Crippen molar-refractivity contribution in [1.82, 2.24) is 15.3 Å². The van der Waals surface area contributed by atoms with E-state index in [0.29, 0.717) is 16.8 Å². The maximum atomic E-state index is 12.3. The minimum Gasteiger partial charge on any atom is -0.362 e. The van der Waals surface area contributed by atoms with E-state index >= 15 is 0 Å². The molecule has 0 bridgehead atoms. The second-order valence-corrected chi connectivity index (χ2v) is 9.14. The zero-order valence-electron chi connectivity index (χ0n) is 18.2. The predicted octanol–water partition coefficient (Wildman–Crippen LogP) is 4.62. The van der Waals surface area contributed by atoms with Crippen LogP contribution in [0.1, 0.15) is 49.8 Å². The lowest BCUT2D eigenvalue weighted by Gasteiger charge is -2.30. The standard InChI is InChI=1S/C23H31ClN6O/c1-30(2)21-19-8-3-4-9-20(19)28-22(29-21)25-16-10-12-17(13-11-16)26-23(31)27-18-7-5-6-15(24)14-18/h5-7,14,16-17H,3-4,8-13H2,1-2H3,(H,25,28,29)(H2,26,27,31)/t16-,17+. The van der Waals surface area contributed by atoms with Crippen molar-refractivity contribution in [3.8, 4) is 0 Å². The minimum atomic E-state index is -0.188. The normalized spacial score (nSPS) is 20.5. The van der Waals surface area contributed by atoms with Crippen LogP contribution >= 0.6 is 11.6 Å². The van der Waals surface area contributed by atoms with Crippen molar-refractivity contribution in [3.63, 3.8) is 0 Å². The average Bonchev–Trinajstić information content (AvgIpc) is 2.74. The molecule has 1 aromatic heterocycles. The van der Waals surface area contributed by atoms with Gasteiger partial charge >= 0.3 is 6.03 Å². The summed E-state index contributed by atoms with van der Waals surface area (Å²) >= 11 is 5.98. The van der Waals surface area contributed by atoms with Gasteiger partial charge in [-0.3, -0.25) is 0 Å². The Hall–Kier alpha value is -2.54. The molecular weight excluding hydrogens is 412 g/mol. The van der Waals surface area contributed by atoms with E-state index in [1.807, 2.05) is 26.2 Å². The Morgan fingerprint density at radius 3 is 2.55 bits per heavy atom. The van der Waals surface area contributed by atoms with E-state index in [2.05, 4.69) is 20.9 Å². The first kappa shape index (κ1) is 21.7. The molecule has 0 atom stereocenters. The maximum Gasteiger partial charge on any atom is 0.319 e. The Kier molecular flexibility index (Phi) is 6.80. The van der Waals surface area contributed by atoms with Gasteiger partial charge in [0.15, 0.2) is 0 Å². The molecule has 2 aromatic rings. The highest BCUT2D eigenvalue weighted by molar-refractivity contribution is 6.30. The van der Waals surface area contributed by atoms with Crippen LogP contribution in [0.2, 0.25) is 5.02 Å². The largest absolute Gasteiger partial charge is 0.362 e. The summed E-state index contributed by atoms with van der Waals surface area (Å²) in [7, 11) is 4.10. The van der Waals surface area contributed by atoms with Gasteiger partial charge in [0.05, 0.1) is 5.69 Å². The summed E-state index contributed by atoms with van der Waals surface area (Å²) in [5, 5.41) is 10.1. The van der Waals surface area contributed by atoms with Gasteiger partial charge in [0, 0.05) is 42.5 Å². The number of aromatic nitrogens is 2. The molecule has 0 saturated heterocycles. The summed E-state index contributed by atoms with van der Waals surface area (Å²) in [6, 6.07) is 7.47. The molecule has 2 aliphatic carbocycles. The lowest BCUT2D eigenvalue weighted by atomic mass is 9.91. The fourth-order valence-electron chi connectivity index (χ4n) is 4.49. The Labute approximate surface area is 189 Å². The number of rotatable bonds is 5. The van der Waals surface area contributed by atoms with E-state index in [1.54, 1.807) is 12.1 Å². The van der Waals surface area contributed by atoms with Crippen LogP contribution in [0.3, 0.4) is 0 Å². The average molecular weight is 443 g/mol. The SMILES string of the molecule is CN(C)c1nc(N[C@H]2CC[C@@H](NC(=O)Nc3cccc(Cl)c3)CC2)nc2c1CCCC2. The number of nitrogens with one attached hydrogen (secondary N) is 3. The number of hydrogen-bond donors (Lipinski definition) is 3. The fourth-order valence-corrected chi connectivity index (χ4v) is 4.68. The summed E-state index contributed by atoms with van der Waals surface area (Å²) < 4.78 is 0. The summed E-state index contributed by atoms with van der Waals surface area (Å²) in [5.74, 6) is 1.78. The van der Waals surface area contributed by atoms with Gasteiger partial charge in [-0.2, -0.15) is 4.98 Å². The first-order valence-corrected chi connectivity index (χ1v) is 11.5. The third-order valence-corrected chi connectivity index (χ3v) is 6.30.